The lowest BCUT2D eigenvalue weighted by Gasteiger charge is -2.32. The van der Waals surface area contributed by atoms with Gasteiger partial charge >= 0.3 is 0 Å². The van der Waals surface area contributed by atoms with Crippen molar-refractivity contribution >= 4 is 5.91 Å². The SMILES string of the molecule is CC(C)=CCO[C@@H]1CCOC[C@@H]1NC(=O)c1cc2c([nH]c1=O)CCCC2. The Bertz CT molecular complexity index is 734. The van der Waals surface area contributed by atoms with E-state index in [1.807, 2.05) is 19.9 Å². The van der Waals surface area contributed by atoms with Crippen LogP contribution < -0.4 is 10.9 Å². The second-order valence-electron chi connectivity index (χ2n) is 7.32. The number of H-pyrrole nitrogens is 1. The van der Waals surface area contributed by atoms with E-state index in [1.165, 1.54) is 5.57 Å². The van der Waals surface area contributed by atoms with E-state index in [1.54, 1.807) is 6.07 Å². The number of hydrogen-bond acceptors (Lipinski definition) is 4. The summed E-state index contributed by atoms with van der Waals surface area (Å²) < 4.78 is 11.4. The third kappa shape index (κ3) is 4.62. The number of nitrogens with one attached hydrogen (secondary N) is 2. The fourth-order valence-corrected chi connectivity index (χ4v) is 3.48. The number of carbonyl (C=O) groups excluding carboxylic acids is 1. The lowest BCUT2D eigenvalue weighted by Crippen LogP contribution is -2.51. The van der Waals surface area contributed by atoms with Gasteiger partial charge in [0, 0.05) is 12.3 Å². The van der Waals surface area contributed by atoms with Gasteiger partial charge in [0.2, 0.25) is 0 Å². The van der Waals surface area contributed by atoms with Gasteiger partial charge in [0.15, 0.2) is 0 Å². The third-order valence-corrected chi connectivity index (χ3v) is 4.99. The van der Waals surface area contributed by atoms with Gasteiger partial charge in [-0.1, -0.05) is 11.6 Å². The molecule has 0 radical (unpaired) electrons. The van der Waals surface area contributed by atoms with Crippen molar-refractivity contribution in [3.05, 3.63) is 44.9 Å². The molecule has 1 aliphatic carbocycles. The molecule has 1 aromatic rings. The smallest absolute Gasteiger partial charge is 0.261 e. The van der Waals surface area contributed by atoms with Crippen molar-refractivity contribution in [1.29, 1.82) is 0 Å². The molecule has 6 heteroatoms. The van der Waals surface area contributed by atoms with Crippen molar-refractivity contribution in [3.8, 4) is 0 Å². The van der Waals surface area contributed by atoms with Crippen molar-refractivity contribution < 1.29 is 14.3 Å². The number of carbonyl (C=O) groups is 1. The van der Waals surface area contributed by atoms with Crippen LogP contribution in [0.3, 0.4) is 0 Å². The summed E-state index contributed by atoms with van der Waals surface area (Å²) in [5.74, 6) is -0.356. The molecule has 1 fully saturated rings. The predicted octanol–water partition coefficient (Wildman–Crippen LogP) is 2.12. The molecular weight excluding hydrogens is 332 g/mol. The molecule has 1 aromatic heterocycles. The zero-order valence-electron chi connectivity index (χ0n) is 15.6. The molecule has 0 unspecified atom stereocenters. The van der Waals surface area contributed by atoms with E-state index in [4.69, 9.17) is 9.47 Å². The van der Waals surface area contributed by atoms with Gasteiger partial charge in [0.1, 0.15) is 5.56 Å². The van der Waals surface area contributed by atoms with Crippen molar-refractivity contribution in [2.45, 2.75) is 58.1 Å². The van der Waals surface area contributed by atoms with Gasteiger partial charge in [-0.2, -0.15) is 0 Å². The Morgan fingerprint density at radius 1 is 1.38 bits per heavy atom. The average Bonchev–Trinajstić information content (AvgIpc) is 2.62. The maximum absolute atomic E-state index is 12.7. The van der Waals surface area contributed by atoms with E-state index in [2.05, 4.69) is 10.3 Å². The molecule has 0 aromatic carbocycles. The van der Waals surface area contributed by atoms with E-state index < -0.39 is 0 Å². The summed E-state index contributed by atoms with van der Waals surface area (Å²) in [5, 5.41) is 2.94. The highest BCUT2D eigenvalue weighted by atomic mass is 16.5. The van der Waals surface area contributed by atoms with E-state index in [0.717, 1.165) is 43.4 Å². The molecule has 1 saturated heterocycles. The number of aryl methyl sites for hydroxylation is 2. The van der Waals surface area contributed by atoms with Crippen LogP contribution in [-0.4, -0.2) is 42.9 Å². The van der Waals surface area contributed by atoms with Crippen LogP contribution in [0.2, 0.25) is 0 Å². The van der Waals surface area contributed by atoms with Crippen molar-refractivity contribution in [1.82, 2.24) is 10.3 Å². The number of fused-ring (bicyclic) bond motifs is 1. The second kappa shape index (κ2) is 8.64. The number of rotatable bonds is 5. The van der Waals surface area contributed by atoms with Gasteiger partial charge in [-0.25, -0.2) is 0 Å². The van der Waals surface area contributed by atoms with Crippen LogP contribution in [0.5, 0.6) is 0 Å². The molecule has 2 N–H and O–H groups in total. The zero-order valence-corrected chi connectivity index (χ0v) is 15.6. The maximum atomic E-state index is 12.7. The highest BCUT2D eigenvalue weighted by molar-refractivity contribution is 5.94. The average molecular weight is 360 g/mol. The van der Waals surface area contributed by atoms with Gasteiger partial charge in [-0.05, 0) is 57.6 Å². The van der Waals surface area contributed by atoms with Gasteiger partial charge < -0.3 is 19.8 Å². The van der Waals surface area contributed by atoms with E-state index >= 15 is 0 Å². The van der Waals surface area contributed by atoms with E-state index in [9.17, 15) is 9.59 Å². The van der Waals surface area contributed by atoms with Gasteiger partial charge in [-0.15, -0.1) is 0 Å². The summed E-state index contributed by atoms with van der Waals surface area (Å²) >= 11 is 0. The Balaban J connectivity index is 1.69. The molecular formula is C20H28N2O4. The summed E-state index contributed by atoms with van der Waals surface area (Å²) in [7, 11) is 0. The fraction of sp³-hybridized carbons (Fsp3) is 0.600. The quantitative estimate of drug-likeness (QED) is 0.788. The summed E-state index contributed by atoms with van der Waals surface area (Å²) in [5.41, 5.74) is 3.11. The highest BCUT2D eigenvalue weighted by Gasteiger charge is 2.29. The first-order valence-corrected chi connectivity index (χ1v) is 9.43. The zero-order chi connectivity index (χ0) is 18.5. The molecule has 142 valence electrons. The van der Waals surface area contributed by atoms with E-state index in [0.29, 0.717) is 19.8 Å². The maximum Gasteiger partial charge on any atom is 0.261 e. The van der Waals surface area contributed by atoms with Crippen LogP contribution in [0, 0.1) is 0 Å². The largest absolute Gasteiger partial charge is 0.379 e. The molecule has 0 bridgehead atoms. The van der Waals surface area contributed by atoms with Crippen LogP contribution in [0.25, 0.3) is 0 Å². The van der Waals surface area contributed by atoms with Crippen molar-refractivity contribution in [2.75, 3.05) is 19.8 Å². The molecule has 0 saturated carbocycles. The summed E-state index contributed by atoms with van der Waals surface area (Å²) in [6, 6.07) is 1.50. The Hall–Kier alpha value is -1.92. The lowest BCUT2D eigenvalue weighted by atomic mass is 9.95. The van der Waals surface area contributed by atoms with Gasteiger partial charge in [0.05, 0.1) is 25.4 Å². The standard InChI is InChI=1S/C20H28N2O4/c1-13(2)7-10-26-18-8-9-25-12-17(18)22-20(24)15-11-14-5-3-4-6-16(14)21-19(15)23/h7,11,17-18H,3-6,8-10,12H2,1-2H3,(H,21,23)(H,22,24)/t17-,18+/m0/s1. The second-order valence-corrected chi connectivity index (χ2v) is 7.32. The minimum atomic E-state index is -0.356. The number of aromatic nitrogens is 1. The fourth-order valence-electron chi connectivity index (χ4n) is 3.48. The number of ether oxygens (including phenoxy) is 2. The summed E-state index contributed by atoms with van der Waals surface area (Å²) in [4.78, 5) is 27.9. The number of pyridine rings is 1. The molecule has 1 amide bonds. The number of amides is 1. The molecule has 2 heterocycles. The first-order chi connectivity index (χ1) is 12.5. The summed E-state index contributed by atoms with van der Waals surface area (Å²) in [6.45, 7) is 5.57. The molecule has 1 aliphatic heterocycles. The van der Waals surface area contributed by atoms with Crippen molar-refractivity contribution in [2.24, 2.45) is 0 Å². The van der Waals surface area contributed by atoms with Crippen LogP contribution in [0.15, 0.2) is 22.5 Å². The Morgan fingerprint density at radius 2 is 2.19 bits per heavy atom. The Labute approximate surface area is 154 Å². The van der Waals surface area contributed by atoms with Crippen molar-refractivity contribution in [3.63, 3.8) is 0 Å². The van der Waals surface area contributed by atoms with Crippen LogP contribution in [0.4, 0.5) is 0 Å². The third-order valence-electron chi connectivity index (χ3n) is 4.99. The molecule has 2 aliphatic rings. The molecule has 2 atom stereocenters. The Morgan fingerprint density at radius 3 is 3.00 bits per heavy atom. The summed E-state index contributed by atoms with van der Waals surface area (Å²) in [6.07, 6.45) is 6.59. The van der Waals surface area contributed by atoms with E-state index in [-0.39, 0.29) is 29.2 Å². The van der Waals surface area contributed by atoms with Gasteiger partial charge in [0.25, 0.3) is 11.5 Å². The topological polar surface area (TPSA) is 80.4 Å². The predicted molar refractivity (Wildman–Crippen MR) is 99.6 cm³/mol. The number of aromatic amines is 1. The molecule has 3 rings (SSSR count). The Kier molecular flexibility index (Phi) is 6.27. The molecule has 6 nitrogen and oxygen atoms in total. The normalized spacial score (nSPS) is 22.4. The van der Waals surface area contributed by atoms with Crippen LogP contribution >= 0.6 is 0 Å². The van der Waals surface area contributed by atoms with Gasteiger partial charge in [-0.3, -0.25) is 9.59 Å². The minimum Gasteiger partial charge on any atom is -0.379 e. The van der Waals surface area contributed by atoms with Crippen LogP contribution in [-0.2, 0) is 22.3 Å². The molecule has 26 heavy (non-hydrogen) atoms. The minimum absolute atomic E-state index is 0.111. The van der Waals surface area contributed by atoms with Crippen LogP contribution in [0.1, 0.15) is 54.7 Å². The highest BCUT2D eigenvalue weighted by Crippen LogP contribution is 2.19. The number of allylic oxidation sites excluding steroid dienone is 1. The lowest BCUT2D eigenvalue weighted by molar-refractivity contribution is -0.0457. The first-order valence-electron chi connectivity index (χ1n) is 9.43. The first kappa shape index (κ1) is 18.9. The molecule has 0 spiro atoms. The monoisotopic (exact) mass is 360 g/mol. The number of hydrogen-bond donors (Lipinski definition) is 2.